The Labute approximate surface area is 399 Å². The maximum absolute atomic E-state index is 6.43. The van der Waals surface area contributed by atoms with Gasteiger partial charge in [-0.1, -0.05) is 188 Å². The summed E-state index contributed by atoms with van der Waals surface area (Å²) in [5, 5.41) is 12.3. The van der Waals surface area contributed by atoms with Crippen molar-refractivity contribution < 1.29 is 4.42 Å². The van der Waals surface area contributed by atoms with Gasteiger partial charge in [0.05, 0.1) is 16.7 Å². The van der Waals surface area contributed by atoms with Crippen molar-refractivity contribution in [3.05, 3.63) is 255 Å². The molecule has 0 saturated carbocycles. The van der Waals surface area contributed by atoms with E-state index in [4.69, 9.17) is 4.42 Å². The predicted molar refractivity (Wildman–Crippen MR) is 292 cm³/mol. The van der Waals surface area contributed by atoms with Crippen LogP contribution in [0.1, 0.15) is 0 Å². The fraction of sp³-hybridized carbons (Fsp3) is 0. The summed E-state index contributed by atoms with van der Waals surface area (Å²) in [6.45, 7) is 0. The van der Waals surface area contributed by atoms with Crippen LogP contribution in [0.4, 0.5) is 17.1 Å². The van der Waals surface area contributed by atoms with Gasteiger partial charge in [0, 0.05) is 44.2 Å². The molecule has 2 heterocycles. The fourth-order valence-corrected chi connectivity index (χ4v) is 11.0. The lowest BCUT2D eigenvalue weighted by Gasteiger charge is -2.29. The first-order valence-corrected chi connectivity index (χ1v) is 23.7. The summed E-state index contributed by atoms with van der Waals surface area (Å²) < 4.78 is 8.79. The highest BCUT2D eigenvalue weighted by Gasteiger charge is 2.22. The van der Waals surface area contributed by atoms with Gasteiger partial charge in [-0.25, -0.2) is 0 Å². The molecule has 3 nitrogen and oxygen atoms in total. The third-order valence-electron chi connectivity index (χ3n) is 14.2. The van der Waals surface area contributed by atoms with Gasteiger partial charge in [0.25, 0.3) is 0 Å². The van der Waals surface area contributed by atoms with Crippen molar-refractivity contribution in [3.63, 3.8) is 0 Å². The summed E-state index contributed by atoms with van der Waals surface area (Å²) >= 11 is 0. The second-order valence-electron chi connectivity index (χ2n) is 18.0. The minimum Gasteiger partial charge on any atom is -0.456 e. The van der Waals surface area contributed by atoms with Gasteiger partial charge in [-0.2, -0.15) is 0 Å². The highest BCUT2D eigenvalue weighted by atomic mass is 16.3. The number of rotatable bonds is 7. The summed E-state index contributed by atoms with van der Waals surface area (Å²) in [5.74, 6) is 0. The lowest BCUT2D eigenvalue weighted by Crippen LogP contribution is -2.11. The molecule has 0 spiro atoms. The Kier molecular flexibility index (Phi) is 8.90. The summed E-state index contributed by atoms with van der Waals surface area (Å²) in [4.78, 5) is 2.43. The van der Waals surface area contributed by atoms with Crippen LogP contribution in [0.15, 0.2) is 259 Å². The fourth-order valence-electron chi connectivity index (χ4n) is 11.0. The van der Waals surface area contributed by atoms with Crippen molar-refractivity contribution in [3.8, 4) is 39.1 Å². The molecule has 0 aliphatic carbocycles. The van der Waals surface area contributed by atoms with Gasteiger partial charge in [-0.05, 0) is 127 Å². The van der Waals surface area contributed by atoms with Crippen LogP contribution in [0, 0.1) is 0 Å². The monoisotopic (exact) mass is 878 g/mol. The van der Waals surface area contributed by atoms with E-state index in [-0.39, 0.29) is 0 Å². The van der Waals surface area contributed by atoms with Crippen molar-refractivity contribution in [1.29, 1.82) is 0 Å². The smallest absolute Gasteiger partial charge is 0.136 e. The number of furan rings is 1. The molecule has 0 aliphatic rings. The molecular formula is C66H42N2O. The molecule has 14 rings (SSSR count). The van der Waals surface area contributed by atoms with Crippen LogP contribution in [0.3, 0.4) is 0 Å². The average molecular weight is 879 g/mol. The first-order chi connectivity index (χ1) is 34.2. The van der Waals surface area contributed by atoms with E-state index in [1.165, 1.54) is 70.8 Å². The Morgan fingerprint density at radius 1 is 0.290 bits per heavy atom. The molecule has 12 aromatic carbocycles. The maximum Gasteiger partial charge on any atom is 0.136 e. The zero-order valence-corrected chi connectivity index (χ0v) is 37.6. The van der Waals surface area contributed by atoms with Gasteiger partial charge in [-0.15, -0.1) is 0 Å². The van der Waals surface area contributed by atoms with E-state index in [9.17, 15) is 0 Å². The highest BCUT2D eigenvalue weighted by Crippen LogP contribution is 2.47. The largest absolute Gasteiger partial charge is 0.456 e. The number of nitrogens with zero attached hydrogens (tertiary/aromatic N) is 2. The molecule has 0 bridgehead atoms. The SMILES string of the molecule is c1ccc(N(c2ccc(-c3ccc(-c4ccc(-n5c6ccccc6c6ccccc65)cc4)cc3)cc2)c2ccc3c4ccccc4c4ccccc4c3c2)c(-c2cccc3oc4ccccc4c23)c1. The van der Waals surface area contributed by atoms with E-state index in [0.717, 1.165) is 61.4 Å². The molecule has 0 fully saturated rings. The zero-order valence-electron chi connectivity index (χ0n) is 37.6. The van der Waals surface area contributed by atoms with E-state index in [1.807, 2.05) is 6.07 Å². The van der Waals surface area contributed by atoms with Gasteiger partial charge in [0.2, 0.25) is 0 Å². The Balaban J connectivity index is 0.862. The number of para-hydroxylation sites is 4. The van der Waals surface area contributed by atoms with Crippen LogP contribution in [-0.2, 0) is 0 Å². The molecule has 69 heavy (non-hydrogen) atoms. The van der Waals surface area contributed by atoms with Crippen LogP contribution in [0.5, 0.6) is 0 Å². The van der Waals surface area contributed by atoms with E-state index in [1.54, 1.807) is 0 Å². The lowest BCUT2D eigenvalue weighted by molar-refractivity contribution is 0.669. The predicted octanol–water partition coefficient (Wildman–Crippen LogP) is 18.6. The normalized spacial score (nSPS) is 11.8. The standard InChI is InChI=1S/C66H42N2O/c1-2-16-52-50(14-1)51-15-3-4-17-53(51)60-42-49(40-41-54(52)60)67(61-23-9-7-20-57(61)58-22-13-27-65-66(58)59-21-8-12-26-64(59)69-65)47-36-32-45(33-37-47)43-28-30-44(31-29-43)46-34-38-48(39-35-46)68-62-24-10-5-18-55(62)56-19-6-11-25-63(56)68/h1-42H. The minimum absolute atomic E-state index is 0.880. The van der Waals surface area contributed by atoms with Crippen molar-refractivity contribution in [2.75, 3.05) is 4.90 Å². The van der Waals surface area contributed by atoms with Crippen LogP contribution >= 0.6 is 0 Å². The second-order valence-corrected chi connectivity index (χ2v) is 18.0. The Hall–Kier alpha value is -9.18. The zero-order chi connectivity index (χ0) is 45.4. The molecule has 322 valence electrons. The first-order valence-electron chi connectivity index (χ1n) is 23.7. The maximum atomic E-state index is 6.43. The lowest BCUT2D eigenvalue weighted by atomic mass is 9.93. The summed E-state index contributed by atoms with van der Waals surface area (Å²) in [6, 6.07) is 92.5. The minimum atomic E-state index is 0.880. The van der Waals surface area contributed by atoms with Gasteiger partial charge >= 0.3 is 0 Å². The van der Waals surface area contributed by atoms with Crippen molar-refractivity contribution in [2.24, 2.45) is 0 Å². The molecule has 0 unspecified atom stereocenters. The van der Waals surface area contributed by atoms with Crippen LogP contribution in [0.2, 0.25) is 0 Å². The van der Waals surface area contributed by atoms with E-state index < -0.39 is 0 Å². The first kappa shape index (κ1) is 39.0. The van der Waals surface area contributed by atoms with Crippen molar-refractivity contribution >= 4 is 93.1 Å². The van der Waals surface area contributed by atoms with Crippen LogP contribution in [-0.4, -0.2) is 4.57 Å². The van der Waals surface area contributed by atoms with Crippen molar-refractivity contribution in [1.82, 2.24) is 4.57 Å². The molecule has 0 atom stereocenters. The summed E-state index contributed by atoms with van der Waals surface area (Å²) in [5.41, 5.74) is 15.6. The van der Waals surface area contributed by atoms with E-state index in [0.29, 0.717) is 0 Å². The molecule has 0 radical (unpaired) electrons. The van der Waals surface area contributed by atoms with Gasteiger partial charge < -0.3 is 13.9 Å². The topological polar surface area (TPSA) is 21.3 Å². The number of aromatic nitrogens is 1. The van der Waals surface area contributed by atoms with E-state index in [2.05, 4.69) is 258 Å². The number of benzene rings is 12. The van der Waals surface area contributed by atoms with Gasteiger partial charge in [0.15, 0.2) is 0 Å². The molecule has 0 amide bonds. The Morgan fingerprint density at radius 2 is 0.725 bits per heavy atom. The van der Waals surface area contributed by atoms with Crippen molar-refractivity contribution in [2.45, 2.75) is 0 Å². The Bertz CT molecular complexity index is 4200. The molecular weight excluding hydrogens is 837 g/mol. The van der Waals surface area contributed by atoms with Gasteiger partial charge in [-0.3, -0.25) is 0 Å². The summed E-state index contributed by atoms with van der Waals surface area (Å²) in [6.07, 6.45) is 0. The summed E-state index contributed by atoms with van der Waals surface area (Å²) in [7, 11) is 0. The number of hydrogen-bond donors (Lipinski definition) is 0. The second kappa shape index (κ2) is 15.7. The molecule has 0 aliphatic heterocycles. The molecule has 0 N–H and O–H groups in total. The van der Waals surface area contributed by atoms with Gasteiger partial charge in [0.1, 0.15) is 11.2 Å². The average Bonchev–Trinajstić information content (AvgIpc) is 3.98. The quantitative estimate of drug-likeness (QED) is 0.149. The molecule has 2 aromatic heterocycles. The Morgan fingerprint density at radius 3 is 1.35 bits per heavy atom. The third kappa shape index (κ3) is 6.29. The third-order valence-corrected chi connectivity index (χ3v) is 14.2. The molecule has 0 saturated heterocycles. The van der Waals surface area contributed by atoms with Crippen LogP contribution in [0.25, 0.3) is 115 Å². The number of hydrogen-bond acceptors (Lipinski definition) is 2. The molecule has 3 heteroatoms. The molecule has 14 aromatic rings. The van der Waals surface area contributed by atoms with Crippen LogP contribution < -0.4 is 4.90 Å². The van der Waals surface area contributed by atoms with E-state index >= 15 is 0 Å². The highest BCUT2D eigenvalue weighted by molar-refractivity contribution is 6.26. The number of anilines is 3. The number of fused-ring (bicyclic) bond motifs is 12.